The molecule has 0 bridgehead atoms. The van der Waals surface area contributed by atoms with Crippen molar-refractivity contribution in [2.75, 3.05) is 13.6 Å². The van der Waals surface area contributed by atoms with Crippen LogP contribution < -0.4 is 5.32 Å². The largest absolute Gasteiger partial charge is 0.416 e. The number of carbonyl (C=O) groups excluding carboxylic acids is 2. The van der Waals surface area contributed by atoms with Crippen molar-refractivity contribution >= 4 is 17.9 Å². The Hall–Kier alpha value is -2.31. The zero-order valence-corrected chi connectivity index (χ0v) is 14.1. The normalized spacial score (nSPS) is 12.3. The van der Waals surface area contributed by atoms with E-state index >= 15 is 0 Å². The van der Waals surface area contributed by atoms with Crippen LogP contribution in [0.15, 0.2) is 30.3 Å². The summed E-state index contributed by atoms with van der Waals surface area (Å²) in [6.45, 7) is 5.39. The molecule has 0 saturated carbocycles. The summed E-state index contributed by atoms with van der Waals surface area (Å²) in [7, 11) is 1.47. The third kappa shape index (κ3) is 6.85. The standard InChI is InChI=1S/C17H21F3N2O2/c1-16(2,3)21-14(23)11-22(4)15(24)10-7-12-5-8-13(9-6-12)17(18,19)20/h5-10H,11H2,1-4H3,(H,21,23). The minimum atomic E-state index is -4.39. The van der Waals surface area contributed by atoms with E-state index in [1.165, 1.54) is 36.2 Å². The predicted molar refractivity (Wildman–Crippen MR) is 86.0 cm³/mol. The molecule has 0 atom stereocenters. The summed E-state index contributed by atoms with van der Waals surface area (Å²) in [5, 5.41) is 2.74. The average molecular weight is 342 g/mol. The smallest absolute Gasteiger partial charge is 0.350 e. The maximum Gasteiger partial charge on any atom is 0.416 e. The van der Waals surface area contributed by atoms with Crippen molar-refractivity contribution in [2.24, 2.45) is 0 Å². The molecular weight excluding hydrogens is 321 g/mol. The molecule has 0 heterocycles. The van der Waals surface area contributed by atoms with E-state index in [4.69, 9.17) is 0 Å². The molecule has 4 nitrogen and oxygen atoms in total. The highest BCUT2D eigenvalue weighted by Crippen LogP contribution is 2.29. The van der Waals surface area contributed by atoms with Gasteiger partial charge in [-0.1, -0.05) is 12.1 Å². The first-order valence-electron chi connectivity index (χ1n) is 7.30. The molecule has 2 amide bonds. The summed E-state index contributed by atoms with van der Waals surface area (Å²) < 4.78 is 37.4. The van der Waals surface area contributed by atoms with Gasteiger partial charge >= 0.3 is 6.18 Å². The second-order valence-electron chi connectivity index (χ2n) is 6.45. The minimum Gasteiger partial charge on any atom is -0.350 e. The minimum absolute atomic E-state index is 0.104. The van der Waals surface area contributed by atoms with E-state index in [9.17, 15) is 22.8 Å². The van der Waals surface area contributed by atoms with Crippen LogP contribution in [0.25, 0.3) is 6.08 Å². The van der Waals surface area contributed by atoms with E-state index in [1.807, 2.05) is 20.8 Å². The van der Waals surface area contributed by atoms with Gasteiger partial charge in [0.1, 0.15) is 0 Å². The van der Waals surface area contributed by atoms with Crippen molar-refractivity contribution in [3.05, 3.63) is 41.5 Å². The second kappa shape index (κ2) is 7.51. The molecule has 0 aliphatic carbocycles. The van der Waals surface area contributed by atoms with Gasteiger partial charge in [0.2, 0.25) is 11.8 Å². The third-order valence-corrected chi connectivity index (χ3v) is 2.93. The summed E-state index contributed by atoms with van der Waals surface area (Å²) >= 11 is 0. The fraction of sp³-hybridized carbons (Fsp3) is 0.412. The van der Waals surface area contributed by atoms with Crippen LogP contribution in [0.1, 0.15) is 31.9 Å². The van der Waals surface area contributed by atoms with Crippen LogP contribution in [0.2, 0.25) is 0 Å². The highest BCUT2D eigenvalue weighted by molar-refractivity contribution is 5.94. The number of hydrogen-bond donors (Lipinski definition) is 1. The van der Waals surface area contributed by atoms with Gasteiger partial charge in [0.25, 0.3) is 0 Å². The van der Waals surface area contributed by atoms with Gasteiger partial charge in [-0.2, -0.15) is 13.2 Å². The van der Waals surface area contributed by atoms with Crippen molar-refractivity contribution < 1.29 is 22.8 Å². The fourth-order valence-corrected chi connectivity index (χ4v) is 1.83. The molecule has 132 valence electrons. The summed E-state index contributed by atoms with van der Waals surface area (Å²) in [5.74, 6) is -0.708. The van der Waals surface area contributed by atoms with E-state index in [0.717, 1.165) is 12.1 Å². The Labute approximate surface area is 139 Å². The zero-order valence-electron chi connectivity index (χ0n) is 14.1. The van der Waals surface area contributed by atoms with E-state index in [2.05, 4.69) is 5.32 Å². The molecule has 0 aliphatic heterocycles. The van der Waals surface area contributed by atoms with E-state index in [1.54, 1.807) is 0 Å². The number of halogens is 3. The highest BCUT2D eigenvalue weighted by Gasteiger charge is 2.29. The Balaban J connectivity index is 2.63. The number of amides is 2. The molecule has 1 rings (SSSR count). The molecular formula is C17H21F3N2O2. The van der Waals surface area contributed by atoms with Gasteiger partial charge in [-0.15, -0.1) is 0 Å². The molecule has 0 radical (unpaired) electrons. The SMILES string of the molecule is CN(CC(=O)NC(C)(C)C)C(=O)C=Cc1ccc(C(F)(F)F)cc1. The first kappa shape index (κ1) is 19.7. The topological polar surface area (TPSA) is 49.4 Å². The van der Waals surface area contributed by atoms with Crippen LogP contribution in [0.3, 0.4) is 0 Å². The molecule has 0 fully saturated rings. The lowest BCUT2D eigenvalue weighted by Gasteiger charge is -2.22. The van der Waals surface area contributed by atoms with Crippen LogP contribution in [0.4, 0.5) is 13.2 Å². The molecule has 0 spiro atoms. The van der Waals surface area contributed by atoms with Crippen LogP contribution >= 0.6 is 0 Å². The number of nitrogens with one attached hydrogen (secondary N) is 1. The molecule has 7 heteroatoms. The van der Waals surface area contributed by atoms with Crippen molar-refractivity contribution in [1.82, 2.24) is 10.2 Å². The number of rotatable bonds is 4. The quantitative estimate of drug-likeness (QED) is 0.855. The third-order valence-electron chi connectivity index (χ3n) is 2.93. The Morgan fingerprint density at radius 2 is 1.67 bits per heavy atom. The van der Waals surface area contributed by atoms with Gasteiger partial charge in [0.05, 0.1) is 12.1 Å². The van der Waals surface area contributed by atoms with Crippen molar-refractivity contribution in [3.8, 4) is 0 Å². The molecule has 0 saturated heterocycles. The number of benzene rings is 1. The number of nitrogens with zero attached hydrogens (tertiary/aromatic N) is 1. The molecule has 24 heavy (non-hydrogen) atoms. The first-order valence-corrected chi connectivity index (χ1v) is 7.30. The van der Waals surface area contributed by atoms with Gasteiger partial charge in [-0.3, -0.25) is 9.59 Å². The van der Waals surface area contributed by atoms with Crippen LogP contribution in [0, 0.1) is 0 Å². The Morgan fingerprint density at radius 1 is 1.12 bits per heavy atom. The number of carbonyl (C=O) groups is 2. The summed E-state index contributed by atoms with van der Waals surface area (Å²) in [4.78, 5) is 24.9. The number of likely N-dealkylation sites (N-methyl/N-ethyl adjacent to an activating group) is 1. The zero-order chi connectivity index (χ0) is 18.5. The molecule has 1 aromatic rings. The van der Waals surface area contributed by atoms with Crippen molar-refractivity contribution in [3.63, 3.8) is 0 Å². The van der Waals surface area contributed by atoms with Crippen molar-refractivity contribution in [1.29, 1.82) is 0 Å². The molecule has 1 N–H and O–H groups in total. The maximum absolute atomic E-state index is 12.5. The van der Waals surface area contributed by atoms with Gasteiger partial charge < -0.3 is 10.2 Å². The number of hydrogen-bond acceptors (Lipinski definition) is 2. The number of alkyl halides is 3. The van der Waals surface area contributed by atoms with Gasteiger partial charge in [0.15, 0.2) is 0 Å². The van der Waals surface area contributed by atoms with Crippen LogP contribution in [-0.2, 0) is 15.8 Å². The van der Waals surface area contributed by atoms with Gasteiger partial charge in [0, 0.05) is 18.7 Å². The van der Waals surface area contributed by atoms with E-state index in [0.29, 0.717) is 5.56 Å². The molecule has 0 aromatic heterocycles. The maximum atomic E-state index is 12.5. The van der Waals surface area contributed by atoms with Crippen molar-refractivity contribution in [2.45, 2.75) is 32.5 Å². The molecule has 0 aliphatic rings. The van der Waals surface area contributed by atoms with Gasteiger partial charge in [-0.05, 0) is 44.5 Å². The molecule has 1 aromatic carbocycles. The van der Waals surface area contributed by atoms with E-state index < -0.39 is 23.2 Å². The van der Waals surface area contributed by atoms with Crippen LogP contribution in [-0.4, -0.2) is 35.8 Å². The monoisotopic (exact) mass is 342 g/mol. The summed E-state index contributed by atoms with van der Waals surface area (Å²) in [6, 6.07) is 4.45. The predicted octanol–water partition coefficient (Wildman–Crippen LogP) is 3.09. The second-order valence-corrected chi connectivity index (χ2v) is 6.45. The Morgan fingerprint density at radius 3 is 2.12 bits per heavy atom. The Kier molecular flexibility index (Phi) is 6.17. The molecule has 0 unspecified atom stereocenters. The Bertz CT molecular complexity index is 614. The average Bonchev–Trinajstić information content (AvgIpc) is 2.42. The first-order chi connectivity index (χ1) is 10.9. The lowest BCUT2D eigenvalue weighted by atomic mass is 10.1. The lowest BCUT2D eigenvalue weighted by molar-refractivity contribution is -0.137. The summed E-state index contributed by atoms with van der Waals surface area (Å²) in [6.07, 6.45) is -1.77. The lowest BCUT2D eigenvalue weighted by Crippen LogP contribution is -2.46. The highest BCUT2D eigenvalue weighted by atomic mass is 19.4. The van der Waals surface area contributed by atoms with Crippen LogP contribution in [0.5, 0.6) is 0 Å². The van der Waals surface area contributed by atoms with E-state index in [-0.39, 0.29) is 12.5 Å². The summed E-state index contributed by atoms with van der Waals surface area (Å²) in [5.41, 5.74) is -0.678. The van der Waals surface area contributed by atoms with Gasteiger partial charge in [-0.25, -0.2) is 0 Å². The fourth-order valence-electron chi connectivity index (χ4n) is 1.83.